The summed E-state index contributed by atoms with van der Waals surface area (Å²) in [5, 5.41) is 9.80. The molecule has 0 radical (unpaired) electrons. The molecule has 0 amide bonds. The number of aliphatic hydroxyl groups excluding tert-OH is 1. The Labute approximate surface area is 108 Å². The van der Waals surface area contributed by atoms with E-state index in [1.807, 2.05) is 19.2 Å². The summed E-state index contributed by atoms with van der Waals surface area (Å²) in [6.07, 6.45) is 0.458. The smallest absolute Gasteiger partial charge is 0.0900 e. The molecule has 18 heavy (non-hydrogen) atoms. The Morgan fingerprint density at radius 2 is 2.11 bits per heavy atom. The van der Waals surface area contributed by atoms with E-state index in [-0.39, 0.29) is 6.04 Å². The molecule has 0 saturated carbocycles. The largest absolute Gasteiger partial charge is 0.389 e. The van der Waals surface area contributed by atoms with Crippen LogP contribution in [0, 0.1) is 0 Å². The number of benzene rings is 1. The lowest BCUT2D eigenvalue weighted by Gasteiger charge is -2.27. The van der Waals surface area contributed by atoms with Gasteiger partial charge in [-0.25, -0.2) is 0 Å². The Morgan fingerprint density at radius 1 is 1.44 bits per heavy atom. The first-order valence-corrected chi connectivity index (χ1v) is 6.35. The molecular formula is C14H22N2O2. The fraction of sp³-hybridized carbons (Fsp3) is 0.571. The first kappa shape index (κ1) is 13.5. The zero-order chi connectivity index (χ0) is 13.1. The normalized spacial score (nSPS) is 24.3. The van der Waals surface area contributed by atoms with E-state index in [1.165, 1.54) is 11.1 Å². The first-order valence-electron chi connectivity index (χ1n) is 6.35. The van der Waals surface area contributed by atoms with Crippen molar-refractivity contribution in [3.8, 4) is 0 Å². The van der Waals surface area contributed by atoms with Crippen LogP contribution in [0.5, 0.6) is 0 Å². The van der Waals surface area contributed by atoms with Gasteiger partial charge in [0.2, 0.25) is 0 Å². The SMILES string of the molecule is COCC(O)CN(C)C1CC(N)c2ccccc21. The van der Waals surface area contributed by atoms with Crippen LogP contribution in [0.1, 0.15) is 29.6 Å². The lowest BCUT2D eigenvalue weighted by molar-refractivity contribution is 0.0337. The van der Waals surface area contributed by atoms with Crippen LogP contribution in [-0.2, 0) is 4.74 Å². The molecule has 100 valence electrons. The second-order valence-corrected chi connectivity index (χ2v) is 5.04. The van der Waals surface area contributed by atoms with Crippen molar-refractivity contribution >= 4 is 0 Å². The number of nitrogens with two attached hydrogens (primary N) is 1. The van der Waals surface area contributed by atoms with Crippen molar-refractivity contribution in [3.63, 3.8) is 0 Å². The number of nitrogens with zero attached hydrogens (tertiary/aromatic N) is 1. The van der Waals surface area contributed by atoms with Gasteiger partial charge in [-0.3, -0.25) is 4.90 Å². The molecule has 3 unspecified atom stereocenters. The maximum atomic E-state index is 9.80. The van der Waals surface area contributed by atoms with Crippen molar-refractivity contribution in [1.82, 2.24) is 4.90 Å². The molecule has 0 aliphatic heterocycles. The Morgan fingerprint density at radius 3 is 2.78 bits per heavy atom. The van der Waals surface area contributed by atoms with E-state index in [4.69, 9.17) is 10.5 Å². The van der Waals surface area contributed by atoms with Crippen LogP contribution >= 0.6 is 0 Å². The minimum Gasteiger partial charge on any atom is -0.389 e. The summed E-state index contributed by atoms with van der Waals surface area (Å²) in [7, 11) is 3.63. The molecule has 4 nitrogen and oxygen atoms in total. The molecule has 1 aromatic rings. The monoisotopic (exact) mass is 250 g/mol. The summed E-state index contributed by atoms with van der Waals surface area (Å²) in [6, 6.07) is 8.70. The molecule has 0 bridgehead atoms. The third-order valence-corrected chi connectivity index (χ3v) is 3.62. The van der Waals surface area contributed by atoms with Gasteiger partial charge in [0.1, 0.15) is 0 Å². The van der Waals surface area contributed by atoms with Gasteiger partial charge in [-0.1, -0.05) is 24.3 Å². The number of likely N-dealkylation sites (N-methyl/N-ethyl adjacent to an activating group) is 1. The molecule has 1 aliphatic rings. The van der Waals surface area contributed by atoms with E-state index in [9.17, 15) is 5.11 Å². The second-order valence-electron chi connectivity index (χ2n) is 5.04. The third kappa shape index (κ3) is 2.72. The van der Waals surface area contributed by atoms with Crippen LogP contribution in [-0.4, -0.2) is 43.4 Å². The number of rotatable bonds is 5. The number of ether oxygens (including phenoxy) is 1. The van der Waals surface area contributed by atoms with Crippen LogP contribution in [0.4, 0.5) is 0 Å². The van der Waals surface area contributed by atoms with Gasteiger partial charge in [0.25, 0.3) is 0 Å². The van der Waals surface area contributed by atoms with Gasteiger partial charge < -0.3 is 15.6 Å². The van der Waals surface area contributed by atoms with Gasteiger partial charge in [-0.2, -0.15) is 0 Å². The Hall–Kier alpha value is -0.940. The van der Waals surface area contributed by atoms with Crippen molar-refractivity contribution in [3.05, 3.63) is 35.4 Å². The maximum absolute atomic E-state index is 9.80. The molecule has 3 atom stereocenters. The number of fused-ring (bicyclic) bond motifs is 1. The first-order chi connectivity index (χ1) is 8.63. The summed E-state index contributed by atoms with van der Waals surface area (Å²) in [5.41, 5.74) is 8.67. The van der Waals surface area contributed by atoms with Crippen molar-refractivity contribution in [2.45, 2.75) is 24.6 Å². The third-order valence-electron chi connectivity index (χ3n) is 3.62. The number of hydrogen-bond acceptors (Lipinski definition) is 4. The Balaban J connectivity index is 2.06. The highest BCUT2D eigenvalue weighted by Crippen LogP contribution is 2.40. The predicted octanol–water partition coefficient (Wildman–Crippen LogP) is 1.07. The lowest BCUT2D eigenvalue weighted by Crippen LogP contribution is -2.34. The molecule has 0 heterocycles. The Bertz CT molecular complexity index is 397. The molecule has 3 N–H and O–H groups in total. The quantitative estimate of drug-likeness (QED) is 0.820. The molecule has 4 heteroatoms. The van der Waals surface area contributed by atoms with E-state index in [0.29, 0.717) is 19.2 Å². The fourth-order valence-corrected chi connectivity index (χ4v) is 2.77. The van der Waals surface area contributed by atoms with Gasteiger partial charge in [-0.05, 0) is 24.6 Å². The van der Waals surface area contributed by atoms with Crippen LogP contribution < -0.4 is 5.73 Å². The summed E-state index contributed by atoms with van der Waals surface area (Å²) in [6.45, 7) is 0.963. The van der Waals surface area contributed by atoms with Crippen LogP contribution in [0.25, 0.3) is 0 Å². The van der Waals surface area contributed by atoms with Crippen molar-refractivity contribution in [2.24, 2.45) is 5.73 Å². The van der Waals surface area contributed by atoms with E-state index in [2.05, 4.69) is 17.0 Å². The van der Waals surface area contributed by atoms with E-state index in [0.717, 1.165) is 6.42 Å². The van der Waals surface area contributed by atoms with Crippen molar-refractivity contribution in [1.29, 1.82) is 0 Å². The van der Waals surface area contributed by atoms with Gasteiger partial charge >= 0.3 is 0 Å². The lowest BCUT2D eigenvalue weighted by atomic mass is 10.1. The average molecular weight is 250 g/mol. The molecule has 0 fully saturated rings. The second kappa shape index (κ2) is 5.80. The molecule has 1 aromatic carbocycles. The van der Waals surface area contributed by atoms with Crippen molar-refractivity contribution in [2.75, 3.05) is 27.3 Å². The molecule has 0 aromatic heterocycles. The topological polar surface area (TPSA) is 58.7 Å². The van der Waals surface area contributed by atoms with Gasteiger partial charge in [0.05, 0.1) is 12.7 Å². The average Bonchev–Trinajstić information content (AvgIpc) is 2.68. The van der Waals surface area contributed by atoms with E-state index in [1.54, 1.807) is 7.11 Å². The maximum Gasteiger partial charge on any atom is 0.0900 e. The number of aliphatic hydroxyl groups is 1. The summed E-state index contributed by atoms with van der Waals surface area (Å²) in [4.78, 5) is 2.16. The summed E-state index contributed by atoms with van der Waals surface area (Å²) >= 11 is 0. The van der Waals surface area contributed by atoms with E-state index < -0.39 is 6.10 Å². The molecular weight excluding hydrogens is 228 g/mol. The zero-order valence-corrected chi connectivity index (χ0v) is 11.0. The standard InChI is InChI=1S/C14H22N2O2/c1-16(8-10(17)9-18-2)14-7-13(15)11-5-3-4-6-12(11)14/h3-6,10,13-14,17H,7-9,15H2,1-2H3. The van der Waals surface area contributed by atoms with Crippen LogP contribution in [0.2, 0.25) is 0 Å². The molecule has 1 aliphatic carbocycles. The number of hydrogen-bond donors (Lipinski definition) is 2. The zero-order valence-electron chi connectivity index (χ0n) is 11.0. The Kier molecular flexibility index (Phi) is 4.35. The van der Waals surface area contributed by atoms with Crippen LogP contribution in [0.15, 0.2) is 24.3 Å². The minimum atomic E-state index is -0.455. The molecule has 0 saturated heterocycles. The summed E-state index contributed by atoms with van der Waals surface area (Å²) < 4.78 is 4.96. The minimum absolute atomic E-state index is 0.105. The molecule has 2 rings (SSSR count). The van der Waals surface area contributed by atoms with Gasteiger partial charge in [0.15, 0.2) is 0 Å². The number of methoxy groups -OCH3 is 1. The van der Waals surface area contributed by atoms with Gasteiger partial charge in [-0.15, -0.1) is 0 Å². The summed E-state index contributed by atoms with van der Waals surface area (Å²) in [5.74, 6) is 0. The highest BCUT2D eigenvalue weighted by molar-refractivity contribution is 5.37. The van der Waals surface area contributed by atoms with Gasteiger partial charge in [0, 0.05) is 25.7 Å². The molecule has 0 spiro atoms. The predicted molar refractivity (Wildman–Crippen MR) is 71.2 cm³/mol. The van der Waals surface area contributed by atoms with E-state index >= 15 is 0 Å². The fourth-order valence-electron chi connectivity index (χ4n) is 2.77. The van der Waals surface area contributed by atoms with Crippen molar-refractivity contribution < 1.29 is 9.84 Å². The highest BCUT2D eigenvalue weighted by Gasteiger charge is 2.31. The van der Waals surface area contributed by atoms with Crippen LogP contribution in [0.3, 0.4) is 0 Å². The highest BCUT2D eigenvalue weighted by atomic mass is 16.5.